The number of para-hydroxylation sites is 1. The summed E-state index contributed by atoms with van der Waals surface area (Å²) in [5.74, 6) is 0.190. The molecule has 0 heterocycles. The Balaban J connectivity index is 1.99. The van der Waals surface area contributed by atoms with E-state index in [9.17, 15) is 10.1 Å². The first-order valence-electron chi connectivity index (χ1n) is 7.21. The Morgan fingerprint density at radius 3 is 2.67 bits per heavy atom. The number of hydrogen-bond acceptors (Lipinski definition) is 3. The topological polar surface area (TPSA) is 62.1 Å². The fourth-order valence-corrected chi connectivity index (χ4v) is 2.72. The average molecular weight is 307 g/mol. The van der Waals surface area contributed by atoms with Gasteiger partial charge in [0.05, 0.1) is 11.1 Å². The second kappa shape index (κ2) is 6.82. The Kier molecular flexibility index (Phi) is 5.08. The van der Waals surface area contributed by atoms with Gasteiger partial charge >= 0.3 is 0 Å². The Labute approximate surface area is 130 Å². The molecule has 0 aliphatic heterocycles. The first-order chi connectivity index (χ1) is 10.1. The number of nitrogens with zero attached hydrogens (tertiary/aromatic N) is 1. The van der Waals surface area contributed by atoms with Crippen LogP contribution in [-0.4, -0.2) is 17.6 Å². The minimum Gasteiger partial charge on any atom is -0.479 e. The molecule has 1 aromatic carbocycles. The number of rotatable bonds is 4. The second-order valence-electron chi connectivity index (χ2n) is 5.43. The molecule has 0 radical (unpaired) electrons. The van der Waals surface area contributed by atoms with Gasteiger partial charge in [-0.3, -0.25) is 4.79 Å². The normalized spacial score (nSPS) is 18.3. The van der Waals surface area contributed by atoms with Crippen LogP contribution in [0.2, 0.25) is 5.02 Å². The van der Waals surface area contributed by atoms with Crippen LogP contribution in [0.5, 0.6) is 5.75 Å². The van der Waals surface area contributed by atoms with Crippen molar-refractivity contribution in [3.05, 3.63) is 29.3 Å². The van der Waals surface area contributed by atoms with Crippen molar-refractivity contribution in [2.75, 3.05) is 0 Å². The number of amides is 1. The van der Waals surface area contributed by atoms with Gasteiger partial charge < -0.3 is 10.1 Å². The van der Waals surface area contributed by atoms with Crippen molar-refractivity contribution in [3.8, 4) is 11.8 Å². The first kappa shape index (κ1) is 15.7. The van der Waals surface area contributed by atoms with Crippen molar-refractivity contribution < 1.29 is 9.53 Å². The zero-order valence-electron chi connectivity index (χ0n) is 12.1. The van der Waals surface area contributed by atoms with Crippen molar-refractivity contribution in [1.29, 1.82) is 5.26 Å². The van der Waals surface area contributed by atoms with Crippen molar-refractivity contribution in [3.63, 3.8) is 0 Å². The molecule has 1 saturated carbocycles. The molecule has 1 amide bonds. The van der Waals surface area contributed by atoms with Gasteiger partial charge in [0.2, 0.25) is 0 Å². The summed E-state index contributed by atoms with van der Waals surface area (Å²) in [4.78, 5) is 12.3. The number of carbonyl (C=O) groups is 1. The predicted octanol–water partition coefficient (Wildman–Crippen LogP) is 3.45. The molecule has 4 nitrogen and oxygen atoms in total. The minimum atomic E-state index is -0.743. The molecule has 0 spiro atoms. The van der Waals surface area contributed by atoms with Gasteiger partial charge in [0, 0.05) is 0 Å². The molecular weight excluding hydrogens is 288 g/mol. The Bertz CT molecular complexity index is 547. The summed E-state index contributed by atoms with van der Waals surface area (Å²) in [6, 6.07) is 9.28. The van der Waals surface area contributed by atoms with E-state index in [4.69, 9.17) is 16.3 Å². The number of nitrogens with one attached hydrogen (secondary N) is 1. The molecule has 0 unspecified atom stereocenters. The van der Waals surface area contributed by atoms with Gasteiger partial charge in [-0.15, -0.1) is 0 Å². The molecule has 0 saturated heterocycles. The summed E-state index contributed by atoms with van der Waals surface area (Å²) in [7, 11) is 0. The lowest BCUT2D eigenvalue weighted by Gasteiger charge is -2.32. The number of hydrogen-bond donors (Lipinski definition) is 1. The van der Waals surface area contributed by atoms with Crippen LogP contribution in [0.15, 0.2) is 24.3 Å². The number of ether oxygens (including phenoxy) is 1. The molecule has 1 aliphatic rings. The lowest BCUT2D eigenvalue weighted by atomic mass is 9.83. The van der Waals surface area contributed by atoms with Crippen LogP contribution < -0.4 is 10.1 Å². The Hall–Kier alpha value is -1.73. The average Bonchev–Trinajstić information content (AvgIpc) is 2.50. The third kappa shape index (κ3) is 3.89. The van der Waals surface area contributed by atoms with E-state index in [2.05, 4.69) is 11.4 Å². The zero-order chi connectivity index (χ0) is 15.3. The lowest BCUT2D eigenvalue weighted by molar-refractivity contribution is -0.129. The van der Waals surface area contributed by atoms with Crippen LogP contribution in [0.4, 0.5) is 0 Å². The van der Waals surface area contributed by atoms with Crippen molar-refractivity contribution in [1.82, 2.24) is 5.32 Å². The van der Waals surface area contributed by atoms with E-state index >= 15 is 0 Å². The van der Waals surface area contributed by atoms with E-state index in [0.717, 1.165) is 19.3 Å². The number of benzene rings is 1. The molecule has 0 aromatic heterocycles. The maximum atomic E-state index is 12.3. The van der Waals surface area contributed by atoms with Crippen molar-refractivity contribution >= 4 is 17.5 Å². The van der Waals surface area contributed by atoms with Crippen molar-refractivity contribution in [2.45, 2.75) is 50.7 Å². The quantitative estimate of drug-likeness (QED) is 0.926. The maximum Gasteiger partial charge on any atom is 0.262 e. The molecule has 1 aliphatic carbocycles. The van der Waals surface area contributed by atoms with Crippen LogP contribution in [0.25, 0.3) is 0 Å². The molecule has 21 heavy (non-hydrogen) atoms. The molecule has 1 aromatic rings. The first-order valence-corrected chi connectivity index (χ1v) is 7.58. The summed E-state index contributed by atoms with van der Waals surface area (Å²) in [5, 5.41) is 12.7. The van der Waals surface area contributed by atoms with Gasteiger partial charge in [-0.2, -0.15) is 5.26 Å². The van der Waals surface area contributed by atoms with E-state index in [1.54, 1.807) is 31.2 Å². The summed E-state index contributed by atoms with van der Waals surface area (Å²) in [6.45, 7) is 1.66. The van der Waals surface area contributed by atoms with Crippen LogP contribution in [0, 0.1) is 11.3 Å². The minimum absolute atomic E-state index is 0.279. The van der Waals surface area contributed by atoms with E-state index in [1.165, 1.54) is 0 Å². The molecule has 0 bridgehead atoms. The zero-order valence-corrected chi connectivity index (χ0v) is 12.8. The Morgan fingerprint density at radius 1 is 1.38 bits per heavy atom. The summed E-state index contributed by atoms with van der Waals surface area (Å²) < 4.78 is 5.58. The van der Waals surface area contributed by atoms with E-state index in [0.29, 0.717) is 23.6 Å². The molecular formula is C16H19ClN2O2. The van der Waals surface area contributed by atoms with Gasteiger partial charge in [0.25, 0.3) is 5.91 Å². The highest BCUT2D eigenvalue weighted by atomic mass is 35.5. The largest absolute Gasteiger partial charge is 0.479 e. The van der Waals surface area contributed by atoms with Gasteiger partial charge in [0.15, 0.2) is 6.10 Å². The fraction of sp³-hybridized carbons (Fsp3) is 0.500. The molecule has 2 rings (SSSR count). The SMILES string of the molecule is C[C@@H](Oc1ccccc1Cl)C(=O)NC1(C#N)CCCCC1. The van der Waals surface area contributed by atoms with Gasteiger partial charge in [-0.05, 0) is 31.9 Å². The third-order valence-corrected chi connectivity index (χ3v) is 4.11. The number of carbonyl (C=O) groups excluding carboxylic acids is 1. The summed E-state index contributed by atoms with van der Waals surface area (Å²) >= 11 is 6.01. The Morgan fingerprint density at radius 2 is 2.05 bits per heavy atom. The maximum absolute atomic E-state index is 12.3. The summed E-state index contributed by atoms with van der Waals surface area (Å²) in [5.41, 5.74) is -0.743. The number of halogens is 1. The monoisotopic (exact) mass is 306 g/mol. The van der Waals surface area contributed by atoms with E-state index in [-0.39, 0.29) is 5.91 Å². The van der Waals surface area contributed by atoms with Crippen LogP contribution in [-0.2, 0) is 4.79 Å². The standard InChI is InChI=1S/C16H19ClN2O2/c1-12(21-14-8-4-3-7-13(14)17)15(20)19-16(11-18)9-5-2-6-10-16/h3-4,7-8,12H,2,5-6,9-10H2,1H3,(H,19,20)/t12-/m1/s1. The lowest BCUT2D eigenvalue weighted by Crippen LogP contribution is -2.52. The third-order valence-electron chi connectivity index (χ3n) is 3.79. The van der Waals surface area contributed by atoms with E-state index < -0.39 is 11.6 Å². The smallest absolute Gasteiger partial charge is 0.262 e. The highest BCUT2D eigenvalue weighted by Crippen LogP contribution is 2.28. The highest BCUT2D eigenvalue weighted by molar-refractivity contribution is 6.32. The van der Waals surface area contributed by atoms with Gasteiger partial charge in [-0.1, -0.05) is 43.0 Å². The second-order valence-corrected chi connectivity index (χ2v) is 5.84. The highest BCUT2D eigenvalue weighted by Gasteiger charge is 2.35. The van der Waals surface area contributed by atoms with Crippen LogP contribution in [0.3, 0.4) is 0 Å². The molecule has 1 fully saturated rings. The van der Waals surface area contributed by atoms with Gasteiger partial charge in [0.1, 0.15) is 11.3 Å². The van der Waals surface area contributed by atoms with Crippen molar-refractivity contribution in [2.24, 2.45) is 0 Å². The molecule has 1 atom stereocenters. The summed E-state index contributed by atoms with van der Waals surface area (Å²) in [6.07, 6.45) is 3.76. The molecule has 112 valence electrons. The van der Waals surface area contributed by atoms with Crippen LogP contribution in [0.1, 0.15) is 39.0 Å². The number of nitriles is 1. The fourth-order valence-electron chi connectivity index (χ4n) is 2.54. The predicted molar refractivity (Wildman–Crippen MR) is 81.1 cm³/mol. The molecule has 1 N–H and O–H groups in total. The molecule has 5 heteroatoms. The van der Waals surface area contributed by atoms with Gasteiger partial charge in [-0.25, -0.2) is 0 Å². The van der Waals surface area contributed by atoms with E-state index in [1.807, 2.05) is 0 Å². The van der Waals surface area contributed by atoms with Crippen LogP contribution >= 0.6 is 11.6 Å².